The van der Waals surface area contributed by atoms with E-state index in [1.165, 1.54) is 18.9 Å². The van der Waals surface area contributed by atoms with Gasteiger partial charge in [-0.15, -0.1) is 11.3 Å². The first kappa shape index (κ1) is 10.5. The molecule has 0 nitrogen and oxygen atoms in total. The molecule has 1 aromatic rings. The number of thiophene rings is 1. The zero-order chi connectivity index (χ0) is 9.52. The lowest BCUT2D eigenvalue weighted by atomic mass is 9.94. The normalized spacial score (nSPS) is 12.2. The quantitative estimate of drug-likeness (QED) is 0.627. The predicted molar refractivity (Wildman–Crippen MR) is 65.2 cm³/mol. The molecule has 0 spiro atoms. The molecule has 0 saturated heterocycles. The molecule has 68 valence electrons. The van der Waals surface area contributed by atoms with Crippen molar-refractivity contribution in [2.24, 2.45) is 0 Å². The van der Waals surface area contributed by atoms with Crippen LogP contribution in [0.1, 0.15) is 36.1 Å². The average molecular weight is 294 g/mol. The summed E-state index contributed by atoms with van der Waals surface area (Å²) in [6.07, 6.45) is 0. The Morgan fingerprint density at radius 3 is 1.83 bits per heavy atom. The highest BCUT2D eigenvalue weighted by molar-refractivity contribution is 14.1. The van der Waals surface area contributed by atoms with E-state index in [4.69, 9.17) is 0 Å². The molecule has 0 amide bonds. The molecule has 0 bridgehead atoms. The highest BCUT2D eigenvalue weighted by atomic mass is 127. The van der Waals surface area contributed by atoms with Crippen LogP contribution in [0, 0.1) is 17.4 Å². The third-order valence-electron chi connectivity index (χ3n) is 1.99. The average Bonchev–Trinajstić information content (AvgIpc) is 2.15. The molecule has 0 aliphatic rings. The first-order valence-corrected chi connectivity index (χ1v) is 5.99. The summed E-state index contributed by atoms with van der Waals surface area (Å²) in [6, 6.07) is 0. The molecule has 0 aliphatic carbocycles. The Bertz CT molecular complexity index is 292. The van der Waals surface area contributed by atoms with Crippen LogP contribution < -0.4 is 0 Å². The molecule has 1 aromatic heterocycles. The molecule has 0 saturated carbocycles. The molecule has 0 atom stereocenters. The maximum atomic E-state index is 2.46. The molecular weight excluding hydrogens is 279 g/mol. The second kappa shape index (κ2) is 3.29. The highest BCUT2D eigenvalue weighted by Crippen LogP contribution is 2.37. The molecule has 12 heavy (non-hydrogen) atoms. The first-order chi connectivity index (χ1) is 5.34. The van der Waals surface area contributed by atoms with Gasteiger partial charge in [-0.3, -0.25) is 0 Å². The van der Waals surface area contributed by atoms with Gasteiger partial charge in [-0.1, -0.05) is 20.8 Å². The van der Waals surface area contributed by atoms with Gasteiger partial charge >= 0.3 is 0 Å². The lowest BCUT2D eigenvalue weighted by Crippen LogP contribution is -2.10. The summed E-state index contributed by atoms with van der Waals surface area (Å²) in [4.78, 5) is 2.99. The summed E-state index contributed by atoms with van der Waals surface area (Å²) in [5.74, 6) is 0. The summed E-state index contributed by atoms with van der Waals surface area (Å²) in [5.41, 5.74) is 1.77. The maximum Gasteiger partial charge on any atom is 0.0306 e. The molecule has 0 unspecified atom stereocenters. The van der Waals surface area contributed by atoms with Gasteiger partial charge in [-0.25, -0.2) is 0 Å². The van der Waals surface area contributed by atoms with Crippen LogP contribution in [0.15, 0.2) is 0 Å². The number of hydrogen-bond acceptors (Lipinski definition) is 1. The second-order valence-electron chi connectivity index (χ2n) is 4.18. The van der Waals surface area contributed by atoms with Crippen molar-refractivity contribution in [1.82, 2.24) is 0 Å². The fourth-order valence-electron chi connectivity index (χ4n) is 1.08. The molecule has 0 fully saturated rings. The van der Waals surface area contributed by atoms with Crippen molar-refractivity contribution < 1.29 is 0 Å². The largest absolute Gasteiger partial charge is 0.144 e. The van der Waals surface area contributed by atoms with Crippen LogP contribution in [-0.2, 0) is 5.41 Å². The lowest BCUT2D eigenvalue weighted by Gasteiger charge is -2.16. The van der Waals surface area contributed by atoms with Crippen molar-refractivity contribution in [3.8, 4) is 0 Å². The molecule has 0 N–H and O–H groups in total. The highest BCUT2D eigenvalue weighted by Gasteiger charge is 2.21. The minimum Gasteiger partial charge on any atom is -0.144 e. The Morgan fingerprint density at radius 2 is 1.67 bits per heavy atom. The fourth-order valence-corrected chi connectivity index (χ4v) is 3.92. The lowest BCUT2D eigenvalue weighted by molar-refractivity contribution is 0.600. The number of halogens is 1. The van der Waals surface area contributed by atoms with E-state index in [0.717, 1.165) is 0 Å². The maximum absolute atomic E-state index is 2.46. The monoisotopic (exact) mass is 294 g/mol. The molecule has 0 aromatic carbocycles. The van der Waals surface area contributed by atoms with Gasteiger partial charge in [0.05, 0.1) is 0 Å². The third-order valence-corrected chi connectivity index (χ3v) is 5.34. The first-order valence-electron chi connectivity index (χ1n) is 4.10. The summed E-state index contributed by atoms with van der Waals surface area (Å²) in [6.45, 7) is 11.2. The summed E-state index contributed by atoms with van der Waals surface area (Å²) >= 11 is 4.40. The summed E-state index contributed by atoms with van der Waals surface area (Å²) < 4.78 is 1.46. The van der Waals surface area contributed by atoms with E-state index in [9.17, 15) is 0 Å². The molecule has 1 rings (SSSR count). The predicted octanol–water partition coefficient (Wildman–Crippen LogP) is 4.27. The van der Waals surface area contributed by atoms with Crippen LogP contribution in [0.4, 0.5) is 0 Å². The minimum atomic E-state index is 0.306. The van der Waals surface area contributed by atoms with Crippen molar-refractivity contribution in [1.29, 1.82) is 0 Å². The topological polar surface area (TPSA) is 0 Å². The van der Waals surface area contributed by atoms with Crippen LogP contribution in [0.2, 0.25) is 0 Å². The Balaban J connectivity index is 3.28. The van der Waals surface area contributed by atoms with E-state index < -0.39 is 0 Å². The van der Waals surface area contributed by atoms with Crippen molar-refractivity contribution in [2.75, 3.05) is 0 Å². The van der Waals surface area contributed by atoms with Gasteiger partial charge in [0.1, 0.15) is 0 Å². The number of hydrogen-bond donors (Lipinski definition) is 0. The van der Waals surface area contributed by atoms with Gasteiger partial charge < -0.3 is 0 Å². The smallest absolute Gasteiger partial charge is 0.0306 e. The van der Waals surface area contributed by atoms with E-state index in [1.807, 2.05) is 11.3 Å². The van der Waals surface area contributed by atoms with Gasteiger partial charge in [0.25, 0.3) is 0 Å². The van der Waals surface area contributed by atoms with Gasteiger partial charge in [0, 0.05) is 13.3 Å². The fraction of sp³-hybridized carbons (Fsp3) is 0.600. The van der Waals surface area contributed by atoms with Gasteiger partial charge in [-0.2, -0.15) is 0 Å². The van der Waals surface area contributed by atoms with Crippen molar-refractivity contribution in [2.45, 2.75) is 40.0 Å². The van der Waals surface area contributed by atoms with Crippen molar-refractivity contribution in [3.63, 3.8) is 0 Å². The van der Waals surface area contributed by atoms with Crippen LogP contribution in [-0.4, -0.2) is 0 Å². The van der Waals surface area contributed by atoms with Gasteiger partial charge in [0.15, 0.2) is 0 Å². The van der Waals surface area contributed by atoms with E-state index in [-0.39, 0.29) is 0 Å². The van der Waals surface area contributed by atoms with Crippen LogP contribution in [0.25, 0.3) is 0 Å². The Morgan fingerprint density at radius 1 is 1.17 bits per heavy atom. The van der Waals surface area contributed by atoms with Crippen molar-refractivity contribution >= 4 is 33.9 Å². The standard InChI is InChI=1S/C10H15IS/c1-6-7(2)12-9(8(6)11)10(3,4)5/h1-5H3. The zero-order valence-corrected chi connectivity index (χ0v) is 11.3. The molecule has 0 aliphatic heterocycles. The van der Waals surface area contributed by atoms with Crippen LogP contribution >= 0.6 is 33.9 Å². The molecule has 1 heterocycles. The number of aryl methyl sites for hydroxylation is 1. The van der Waals surface area contributed by atoms with E-state index in [1.54, 1.807) is 0 Å². The van der Waals surface area contributed by atoms with Gasteiger partial charge in [-0.05, 0) is 47.4 Å². The van der Waals surface area contributed by atoms with E-state index >= 15 is 0 Å². The van der Waals surface area contributed by atoms with Crippen LogP contribution in [0.3, 0.4) is 0 Å². The zero-order valence-electron chi connectivity index (χ0n) is 8.29. The van der Waals surface area contributed by atoms with Crippen molar-refractivity contribution in [3.05, 3.63) is 18.9 Å². The Hall–Kier alpha value is 0.430. The van der Waals surface area contributed by atoms with E-state index in [2.05, 4.69) is 57.2 Å². The SMILES string of the molecule is Cc1sc(C(C)(C)C)c(I)c1C. The summed E-state index contributed by atoms with van der Waals surface area (Å²) in [5, 5.41) is 0. The minimum absolute atomic E-state index is 0.306. The Kier molecular flexibility index (Phi) is 2.88. The molecular formula is C10H15IS. The second-order valence-corrected chi connectivity index (χ2v) is 6.48. The van der Waals surface area contributed by atoms with Gasteiger partial charge in [0.2, 0.25) is 0 Å². The third kappa shape index (κ3) is 1.84. The number of rotatable bonds is 0. The Labute approximate surface area is 92.5 Å². The summed E-state index contributed by atoms with van der Waals surface area (Å²) in [7, 11) is 0. The molecule has 0 radical (unpaired) electrons. The molecule has 2 heteroatoms. The van der Waals surface area contributed by atoms with Crippen LogP contribution in [0.5, 0.6) is 0 Å². The van der Waals surface area contributed by atoms with E-state index in [0.29, 0.717) is 5.41 Å².